The number of aryl methyl sites for hydroxylation is 1. The Kier molecular flexibility index (Phi) is 6.91. The molecule has 0 unspecified atom stereocenters. The van der Waals surface area contributed by atoms with Crippen molar-refractivity contribution in [2.24, 2.45) is 0 Å². The Hall–Kier alpha value is -4.72. The smallest absolute Gasteiger partial charge is 0.276 e. The van der Waals surface area contributed by atoms with Crippen molar-refractivity contribution in [1.82, 2.24) is 20.2 Å². The molecule has 8 heteroatoms. The lowest BCUT2D eigenvalue weighted by Gasteiger charge is -2.28. The van der Waals surface area contributed by atoms with Crippen molar-refractivity contribution >= 4 is 28.2 Å². The maximum Gasteiger partial charge on any atom is 0.276 e. The molecular weight excluding hydrogens is 488 g/mol. The molecule has 4 heterocycles. The van der Waals surface area contributed by atoms with Crippen LogP contribution in [0, 0.1) is 0 Å². The van der Waals surface area contributed by atoms with E-state index < -0.39 is 0 Å². The molecule has 0 atom stereocenters. The molecule has 1 aliphatic heterocycles. The van der Waals surface area contributed by atoms with Gasteiger partial charge >= 0.3 is 0 Å². The number of pyridine rings is 2. The largest absolute Gasteiger partial charge is 0.439 e. The highest BCUT2D eigenvalue weighted by Gasteiger charge is 2.17. The molecule has 1 fully saturated rings. The summed E-state index contributed by atoms with van der Waals surface area (Å²) >= 11 is 0. The van der Waals surface area contributed by atoms with Crippen LogP contribution in [0.1, 0.15) is 42.2 Å². The second-order valence-corrected chi connectivity index (χ2v) is 9.75. The zero-order chi connectivity index (χ0) is 26.6. The molecule has 0 bridgehead atoms. The highest BCUT2D eigenvalue weighted by molar-refractivity contribution is 6.11. The topological polar surface area (TPSA) is 96.0 Å². The van der Waals surface area contributed by atoms with Gasteiger partial charge in [0, 0.05) is 36.3 Å². The average Bonchev–Trinajstić information content (AvgIpc) is 3.42. The van der Waals surface area contributed by atoms with Crippen LogP contribution in [0.2, 0.25) is 0 Å². The number of piperidine rings is 1. The molecule has 39 heavy (non-hydrogen) atoms. The Balaban J connectivity index is 1.19. The van der Waals surface area contributed by atoms with Gasteiger partial charge in [0.15, 0.2) is 5.69 Å². The third-order valence-corrected chi connectivity index (χ3v) is 7.08. The van der Waals surface area contributed by atoms with Crippen molar-refractivity contribution in [1.29, 1.82) is 0 Å². The van der Waals surface area contributed by atoms with E-state index in [1.807, 2.05) is 48.8 Å². The number of hydrogen-bond donors (Lipinski definition) is 2. The van der Waals surface area contributed by atoms with Gasteiger partial charge in [0.1, 0.15) is 5.75 Å². The number of ether oxygens (including phenoxy) is 1. The van der Waals surface area contributed by atoms with E-state index in [-0.39, 0.29) is 5.91 Å². The number of aromatic nitrogens is 4. The number of fused-ring (bicyclic) bond motifs is 1. The average molecular weight is 519 g/mol. The molecule has 0 spiro atoms. The zero-order valence-corrected chi connectivity index (χ0v) is 21.9. The van der Waals surface area contributed by atoms with Gasteiger partial charge in [0.25, 0.3) is 5.91 Å². The van der Waals surface area contributed by atoms with Gasteiger partial charge in [-0.05, 0) is 73.2 Å². The van der Waals surface area contributed by atoms with E-state index in [1.165, 1.54) is 24.8 Å². The first kappa shape index (κ1) is 24.6. The molecular formula is C31H30N6O2. The number of benzene rings is 2. The Labute approximate surface area is 227 Å². The van der Waals surface area contributed by atoms with Gasteiger partial charge in [-0.1, -0.05) is 25.1 Å². The van der Waals surface area contributed by atoms with Crippen LogP contribution in [0.3, 0.4) is 0 Å². The number of aromatic amines is 1. The first-order valence-corrected chi connectivity index (χ1v) is 13.4. The number of anilines is 2. The highest BCUT2D eigenvalue weighted by atomic mass is 16.5. The minimum Gasteiger partial charge on any atom is -0.439 e. The number of rotatable bonds is 7. The normalized spacial score (nSPS) is 13.4. The molecule has 3 aromatic heterocycles. The fourth-order valence-corrected chi connectivity index (χ4v) is 4.93. The van der Waals surface area contributed by atoms with E-state index in [4.69, 9.17) is 4.74 Å². The molecule has 8 nitrogen and oxygen atoms in total. The molecule has 5 aromatic rings. The summed E-state index contributed by atoms with van der Waals surface area (Å²) in [5.74, 6) is 0.871. The third-order valence-electron chi connectivity index (χ3n) is 7.08. The van der Waals surface area contributed by atoms with Gasteiger partial charge in [-0.25, -0.2) is 4.98 Å². The molecule has 0 saturated carbocycles. The maximum atomic E-state index is 13.2. The Morgan fingerprint density at radius 1 is 0.974 bits per heavy atom. The fraction of sp³-hybridized carbons (Fsp3) is 0.226. The minimum absolute atomic E-state index is 0.315. The molecule has 0 aliphatic carbocycles. The third kappa shape index (κ3) is 5.45. The summed E-state index contributed by atoms with van der Waals surface area (Å²) in [5.41, 5.74) is 5.99. The van der Waals surface area contributed by atoms with Gasteiger partial charge in [0.05, 0.1) is 29.3 Å². The highest BCUT2D eigenvalue weighted by Crippen LogP contribution is 2.29. The number of nitrogens with one attached hydrogen (secondary N) is 2. The fourth-order valence-electron chi connectivity index (χ4n) is 4.93. The monoisotopic (exact) mass is 518 g/mol. The predicted molar refractivity (Wildman–Crippen MR) is 153 cm³/mol. The van der Waals surface area contributed by atoms with Crippen LogP contribution in [0.4, 0.5) is 11.4 Å². The summed E-state index contributed by atoms with van der Waals surface area (Å²) in [6, 6.07) is 19.5. The lowest BCUT2D eigenvalue weighted by Crippen LogP contribution is -2.29. The van der Waals surface area contributed by atoms with E-state index >= 15 is 0 Å². The van der Waals surface area contributed by atoms with Crippen LogP contribution < -0.4 is 15.0 Å². The summed E-state index contributed by atoms with van der Waals surface area (Å²) in [4.78, 5) is 24.4. The van der Waals surface area contributed by atoms with Gasteiger partial charge in [0.2, 0.25) is 5.88 Å². The molecule has 6 rings (SSSR count). The van der Waals surface area contributed by atoms with E-state index in [0.29, 0.717) is 17.3 Å². The number of carbonyl (C=O) groups is 1. The summed E-state index contributed by atoms with van der Waals surface area (Å²) in [6.45, 7) is 4.22. The number of hydrogen-bond acceptors (Lipinski definition) is 6. The first-order valence-electron chi connectivity index (χ1n) is 13.4. The van der Waals surface area contributed by atoms with Crippen LogP contribution in [-0.4, -0.2) is 39.2 Å². The van der Waals surface area contributed by atoms with E-state index in [9.17, 15) is 4.79 Å². The summed E-state index contributed by atoms with van der Waals surface area (Å²) in [6.07, 6.45) is 10.0. The van der Waals surface area contributed by atoms with E-state index in [0.717, 1.165) is 53.0 Å². The van der Waals surface area contributed by atoms with E-state index in [1.54, 1.807) is 18.3 Å². The zero-order valence-electron chi connectivity index (χ0n) is 21.9. The van der Waals surface area contributed by atoms with Gasteiger partial charge < -0.3 is 15.0 Å². The van der Waals surface area contributed by atoms with Crippen LogP contribution in [-0.2, 0) is 6.42 Å². The van der Waals surface area contributed by atoms with Crippen molar-refractivity contribution in [2.75, 3.05) is 23.3 Å². The molecule has 1 saturated heterocycles. The summed E-state index contributed by atoms with van der Waals surface area (Å²) in [5, 5.41) is 10.9. The van der Waals surface area contributed by atoms with Gasteiger partial charge in [-0.3, -0.25) is 14.9 Å². The second-order valence-electron chi connectivity index (χ2n) is 9.75. The van der Waals surface area contributed by atoms with Crippen LogP contribution in [0.5, 0.6) is 11.6 Å². The van der Waals surface area contributed by atoms with Crippen molar-refractivity contribution in [3.63, 3.8) is 0 Å². The Bertz CT molecular complexity index is 1610. The van der Waals surface area contributed by atoms with Crippen LogP contribution in [0.25, 0.3) is 22.0 Å². The number of nitrogens with zero attached hydrogens (tertiary/aromatic N) is 4. The quantitative estimate of drug-likeness (QED) is 0.251. The standard InChI is InChI=1S/C31H30N6O2/c1-2-21-7-6-8-26(15-21)39-29-12-10-24(19-33-29)34-31(38)30-27-17-22(9-11-28(27)35-36-30)23-16-25(20-32-18-23)37-13-4-3-5-14-37/h6-12,15-20H,2-5,13-14H2,1H3,(H,34,38)(H,35,36). The molecule has 1 amide bonds. The Morgan fingerprint density at radius 2 is 1.87 bits per heavy atom. The lowest BCUT2D eigenvalue weighted by atomic mass is 10.0. The van der Waals surface area contributed by atoms with Crippen LogP contribution in [0.15, 0.2) is 79.3 Å². The second kappa shape index (κ2) is 10.9. The first-order chi connectivity index (χ1) is 19.2. The maximum absolute atomic E-state index is 13.2. The predicted octanol–water partition coefficient (Wildman–Crippen LogP) is 6.62. The van der Waals surface area contributed by atoms with Crippen molar-refractivity contribution in [3.8, 4) is 22.8 Å². The molecule has 0 radical (unpaired) electrons. The van der Waals surface area contributed by atoms with Crippen molar-refractivity contribution < 1.29 is 9.53 Å². The SMILES string of the molecule is CCc1cccc(Oc2ccc(NC(=O)c3n[nH]c4ccc(-c5cncc(N6CCCCC6)c5)cc34)cn2)c1. The van der Waals surface area contributed by atoms with Crippen molar-refractivity contribution in [2.45, 2.75) is 32.6 Å². The summed E-state index contributed by atoms with van der Waals surface area (Å²) in [7, 11) is 0. The Morgan fingerprint density at radius 3 is 2.69 bits per heavy atom. The number of carbonyl (C=O) groups excluding carboxylic acids is 1. The van der Waals surface area contributed by atoms with Gasteiger partial charge in [-0.2, -0.15) is 5.10 Å². The lowest BCUT2D eigenvalue weighted by molar-refractivity contribution is 0.102. The summed E-state index contributed by atoms with van der Waals surface area (Å²) < 4.78 is 5.86. The van der Waals surface area contributed by atoms with E-state index in [2.05, 4.69) is 49.4 Å². The number of H-pyrrole nitrogens is 1. The van der Waals surface area contributed by atoms with Crippen LogP contribution >= 0.6 is 0 Å². The number of amides is 1. The molecule has 2 aromatic carbocycles. The van der Waals surface area contributed by atoms with Gasteiger partial charge in [-0.15, -0.1) is 0 Å². The van der Waals surface area contributed by atoms with Crippen molar-refractivity contribution in [3.05, 3.63) is 90.5 Å². The molecule has 2 N–H and O–H groups in total. The minimum atomic E-state index is -0.315. The molecule has 196 valence electrons. The molecule has 1 aliphatic rings.